The molecule has 2 heterocycles. The SMILES string of the molecule is CCCC(=O)C1=C(c2ccc(C(C)C)cc2)N(C(=O)CCC)n2cnnc2S1. The van der Waals surface area contributed by atoms with E-state index >= 15 is 0 Å². The number of hydrogen-bond acceptors (Lipinski definition) is 5. The van der Waals surface area contributed by atoms with Crippen LogP contribution in [-0.4, -0.2) is 26.6 Å². The molecule has 0 atom stereocenters. The van der Waals surface area contributed by atoms with Gasteiger partial charge in [-0.2, -0.15) is 0 Å². The molecule has 6 nitrogen and oxygen atoms in total. The molecule has 1 aliphatic heterocycles. The van der Waals surface area contributed by atoms with Crippen molar-refractivity contribution in [3.63, 3.8) is 0 Å². The summed E-state index contributed by atoms with van der Waals surface area (Å²) in [6.07, 6.45) is 3.81. The fraction of sp³-hybridized carbons (Fsp3) is 0.429. The van der Waals surface area contributed by atoms with Gasteiger partial charge in [0.2, 0.25) is 11.1 Å². The van der Waals surface area contributed by atoms with Gasteiger partial charge in [-0.25, -0.2) is 9.69 Å². The minimum absolute atomic E-state index is 0.0268. The third-order valence-electron chi connectivity index (χ3n) is 4.62. The average Bonchev–Trinajstić information content (AvgIpc) is 3.15. The molecule has 0 N–H and O–H groups in total. The number of allylic oxidation sites excluding steroid dienone is 1. The third kappa shape index (κ3) is 3.90. The minimum atomic E-state index is -0.0754. The summed E-state index contributed by atoms with van der Waals surface area (Å²) in [6.45, 7) is 8.22. The van der Waals surface area contributed by atoms with Gasteiger partial charge in [0.05, 0.1) is 10.6 Å². The molecule has 3 rings (SSSR count). The van der Waals surface area contributed by atoms with E-state index in [4.69, 9.17) is 0 Å². The summed E-state index contributed by atoms with van der Waals surface area (Å²) < 4.78 is 1.65. The number of nitrogens with zero attached hydrogens (tertiary/aromatic N) is 4. The molecule has 0 saturated carbocycles. The van der Waals surface area contributed by atoms with Crippen LogP contribution in [0.15, 0.2) is 40.7 Å². The fourth-order valence-electron chi connectivity index (χ4n) is 3.14. The van der Waals surface area contributed by atoms with Crippen molar-refractivity contribution in [3.05, 3.63) is 46.6 Å². The van der Waals surface area contributed by atoms with Crippen molar-refractivity contribution in [2.24, 2.45) is 0 Å². The van der Waals surface area contributed by atoms with Crippen LogP contribution in [0.1, 0.15) is 70.4 Å². The molecule has 0 bridgehead atoms. The first-order chi connectivity index (χ1) is 13.5. The first kappa shape index (κ1) is 20.3. The van der Waals surface area contributed by atoms with E-state index in [-0.39, 0.29) is 11.7 Å². The van der Waals surface area contributed by atoms with E-state index in [1.165, 1.54) is 23.7 Å². The summed E-state index contributed by atoms with van der Waals surface area (Å²) in [7, 11) is 0. The maximum Gasteiger partial charge on any atom is 0.246 e. The predicted octanol–water partition coefficient (Wildman–Crippen LogP) is 4.51. The van der Waals surface area contributed by atoms with Gasteiger partial charge in [0.15, 0.2) is 5.78 Å². The fourth-order valence-corrected chi connectivity index (χ4v) is 4.15. The molecule has 0 unspecified atom stereocenters. The van der Waals surface area contributed by atoms with E-state index in [1.807, 2.05) is 26.0 Å². The molecule has 0 aliphatic carbocycles. The smallest absolute Gasteiger partial charge is 0.246 e. The quantitative estimate of drug-likeness (QED) is 0.686. The molecule has 7 heteroatoms. The van der Waals surface area contributed by atoms with Crippen molar-refractivity contribution in [2.75, 3.05) is 5.01 Å². The van der Waals surface area contributed by atoms with Crippen molar-refractivity contribution in [2.45, 2.75) is 64.5 Å². The van der Waals surface area contributed by atoms with Gasteiger partial charge in [-0.3, -0.25) is 9.59 Å². The number of amides is 1. The Labute approximate surface area is 170 Å². The molecule has 1 aliphatic rings. The van der Waals surface area contributed by atoms with Gasteiger partial charge in [-0.15, -0.1) is 10.2 Å². The van der Waals surface area contributed by atoms with Crippen LogP contribution in [0.3, 0.4) is 0 Å². The Bertz CT molecular complexity index is 899. The Morgan fingerprint density at radius 3 is 2.36 bits per heavy atom. The summed E-state index contributed by atoms with van der Waals surface area (Å²) in [5, 5.41) is 10.2. The molecule has 0 saturated heterocycles. The highest BCUT2D eigenvalue weighted by Crippen LogP contribution is 2.40. The van der Waals surface area contributed by atoms with E-state index in [0.29, 0.717) is 34.5 Å². The van der Waals surface area contributed by atoms with Crippen LogP contribution in [0.2, 0.25) is 0 Å². The summed E-state index contributed by atoms with van der Waals surface area (Å²) in [6, 6.07) is 8.10. The predicted molar refractivity (Wildman–Crippen MR) is 111 cm³/mol. The summed E-state index contributed by atoms with van der Waals surface area (Å²) in [5.41, 5.74) is 2.69. The van der Waals surface area contributed by atoms with Gasteiger partial charge in [-0.1, -0.05) is 52.0 Å². The van der Waals surface area contributed by atoms with Crippen LogP contribution >= 0.6 is 11.8 Å². The van der Waals surface area contributed by atoms with Crippen LogP contribution in [0.5, 0.6) is 0 Å². The lowest BCUT2D eigenvalue weighted by molar-refractivity contribution is -0.119. The molecule has 0 fully saturated rings. The molecule has 0 spiro atoms. The highest BCUT2D eigenvalue weighted by atomic mass is 32.2. The number of ketones is 1. The number of carbonyl (C=O) groups is 2. The van der Waals surface area contributed by atoms with Crippen LogP contribution in [-0.2, 0) is 9.59 Å². The van der Waals surface area contributed by atoms with Crippen molar-refractivity contribution in [1.82, 2.24) is 14.9 Å². The molecule has 28 heavy (non-hydrogen) atoms. The lowest BCUT2D eigenvalue weighted by Gasteiger charge is -2.32. The van der Waals surface area contributed by atoms with Gasteiger partial charge in [0.25, 0.3) is 0 Å². The Hall–Kier alpha value is -2.41. The van der Waals surface area contributed by atoms with Crippen LogP contribution in [0.25, 0.3) is 5.70 Å². The highest BCUT2D eigenvalue weighted by molar-refractivity contribution is 8.04. The Kier molecular flexibility index (Phi) is 6.34. The summed E-state index contributed by atoms with van der Waals surface area (Å²) >= 11 is 1.29. The second-order valence-electron chi connectivity index (χ2n) is 7.14. The zero-order valence-electron chi connectivity index (χ0n) is 16.8. The third-order valence-corrected chi connectivity index (χ3v) is 5.69. The van der Waals surface area contributed by atoms with Gasteiger partial charge in [0.1, 0.15) is 6.33 Å². The second-order valence-corrected chi connectivity index (χ2v) is 8.12. The van der Waals surface area contributed by atoms with Crippen molar-refractivity contribution in [3.8, 4) is 0 Å². The van der Waals surface area contributed by atoms with E-state index in [0.717, 1.165) is 18.4 Å². The molecular weight excluding hydrogens is 372 g/mol. The van der Waals surface area contributed by atoms with Gasteiger partial charge < -0.3 is 0 Å². The topological polar surface area (TPSA) is 68.1 Å². The van der Waals surface area contributed by atoms with Crippen molar-refractivity contribution in [1.29, 1.82) is 0 Å². The molecule has 1 aromatic carbocycles. The maximum absolute atomic E-state index is 13.0. The monoisotopic (exact) mass is 398 g/mol. The standard InChI is InChI=1S/C21H26N4O2S/c1-5-7-17(26)20-19(16-11-9-15(10-12-16)14(3)4)25(18(27)8-6-2)24-13-22-23-21(24)28-20/h9-14H,5-8H2,1-4H3. The Morgan fingerprint density at radius 2 is 1.75 bits per heavy atom. The van der Waals surface area contributed by atoms with Gasteiger partial charge in [0, 0.05) is 18.4 Å². The largest absolute Gasteiger partial charge is 0.294 e. The number of thioether (sulfide) groups is 1. The van der Waals surface area contributed by atoms with Crippen LogP contribution < -0.4 is 5.01 Å². The maximum atomic E-state index is 13.0. The number of carbonyl (C=O) groups excluding carboxylic acids is 2. The number of fused-ring (bicyclic) bond motifs is 1. The summed E-state index contributed by atoms with van der Waals surface area (Å²) in [5.74, 6) is 0.361. The number of hydrogen-bond donors (Lipinski definition) is 0. The minimum Gasteiger partial charge on any atom is -0.294 e. The van der Waals surface area contributed by atoms with E-state index in [1.54, 1.807) is 9.69 Å². The lowest BCUT2D eigenvalue weighted by atomic mass is 10.00. The van der Waals surface area contributed by atoms with Crippen LogP contribution in [0, 0.1) is 0 Å². The first-order valence-electron chi connectivity index (χ1n) is 9.76. The lowest BCUT2D eigenvalue weighted by Crippen LogP contribution is -2.41. The molecule has 148 valence electrons. The number of aromatic nitrogens is 3. The van der Waals surface area contributed by atoms with E-state index in [2.05, 4.69) is 36.2 Å². The molecule has 1 aromatic heterocycles. The van der Waals surface area contributed by atoms with Gasteiger partial charge in [-0.05, 0) is 36.1 Å². The van der Waals surface area contributed by atoms with E-state index < -0.39 is 0 Å². The normalized spacial score (nSPS) is 13.8. The Morgan fingerprint density at radius 1 is 1.07 bits per heavy atom. The van der Waals surface area contributed by atoms with Crippen LogP contribution in [0.4, 0.5) is 0 Å². The Balaban J connectivity index is 2.18. The number of Topliss-reactive ketones (excluding diaryl/α,β-unsaturated/α-hetero) is 1. The number of benzene rings is 1. The molecule has 1 amide bonds. The second kappa shape index (κ2) is 8.73. The first-order valence-corrected chi connectivity index (χ1v) is 10.6. The summed E-state index contributed by atoms with van der Waals surface area (Å²) in [4.78, 5) is 26.5. The zero-order chi connectivity index (χ0) is 20.3. The number of rotatable bonds is 7. The molecular formula is C21H26N4O2S. The molecule has 0 radical (unpaired) electrons. The van der Waals surface area contributed by atoms with E-state index in [9.17, 15) is 9.59 Å². The zero-order valence-corrected chi connectivity index (χ0v) is 17.6. The van der Waals surface area contributed by atoms with Crippen molar-refractivity contribution >= 4 is 29.1 Å². The van der Waals surface area contributed by atoms with Gasteiger partial charge >= 0.3 is 0 Å². The molecule has 2 aromatic rings. The highest BCUT2D eigenvalue weighted by Gasteiger charge is 2.34. The average molecular weight is 399 g/mol. The van der Waals surface area contributed by atoms with Crippen molar-refractivity contribution < 1.29 is 9.59 Å².